The monoisotopic (exact) mass is 180 g/mol. The number of hydrogen-bond donors (Lipinski definition) is 3. The fourth-order valence-corrected chi connectivity index (χ4v) is 1.57. The third kappa shape index (κ3) is 1.63. The zero-order valence-electron chi connectivity index (χ0n) is 7.42. The Bertz CT molecular complexity index is 320. The van der Waals surface area contributed by atoms with Crippen molar-refractivity contribution in [3.05, 3.63) is 11.8 Å². The van der Waals surface area contributed by atoms with Crippen LogP contribution in [0.4, 0.5) is 5.82 Å². The molecule has 2 rings (SSSR count). The normalized spacial score (nSPS) is 20.2. The van der Waals surface area contributed by atoms with Crippen LogP contribution in [0.15, 0.2) is 6.20 Å². The van der Waals surface area contributed by atoms with Crippen LogP contribution in [0.3, 0.4) is 0 Å². The summed E-state index contributed by atoms with van der Waals surface area (Å²) < 4.78 is 0. The summed E-state index contributed by atoms with van der Waals surface area (Å²) in [5.41, 5.74) is 1.13. The second kappa shape index (κ2) is 3.08. The standard InChI is InChI=1S/C8H12N4O/c1-5(13)11-7-2-6-3-10-12-8(6)9-4-7/h3,7H,2,4H2,1H3,(H,11,13)(H2,9,10,12). The molecule has 1 aliphatic rings. The number of anilines is 1. The van der Waals surface area contributed by atoms with Crippen molar-refractivity contribution in [1.29, 1.82) is 0 Å². The lowest BCUT2D eigenvalue weighted by atomic mass is 10.1. The first-order chi connectivity index (χ1) is 6.25. The maximum Gasteiger partial charge on any atom is 0.217 e. The molecule has 13 heavy (non-hydrogen) atoms. The molecule has 3 N–H and O–H groups in total. The Morgan fingerprint density at radius 3 is 3.38 bits per heavy atom. The number of aromatic nitrogens is 2. The third-order valence-corrected chi connectivity index (χ3v) is 2.12. The largest absolute Gasteiger partial charge is 0.368 e. The first-order valence-corrected chi connectivity index (χ1v) is 4.29. The van der Waals surface area contributed by atoms with Crippen molar-refractivity contribution in [2.45, 2.75) is 19.4 Å². The summed E-state index contributed by atoms with van der Waals surface area (Å²) in [5.74, 6) is 0.986. The lowest BCUT2D eigenvalue weighted by Gasteiger charge is -2.23. The van der Waals surface area contributed by atoms with Crippen LogP contribution in [0, 0.1) is 0 Å². The van der Waals surface area contributed by atoms with Crippen LogP contribution >= 0.6 is 0 Å². The molecule has 70 valence electrons. The zero-order valence-corrected chi connectivity index (χ0v) is 7.42. The van der Waals surface area contributed by atoms with Gasteiger partial charge in [-0.3, -0.25) is 9.89 Å². The molecule has 1 unspecified atom stereocenters. The molecule has 1 aliphatic heterocycles. The molecule has 0 bridgehead atoms. The van der Waals surface area contributed by atoms with E-state index in [0.29, 0.717) is 0 Å². The Morgan fingerprint density at radius 1 is 1.77 bits per heavy atom. The number of rotatable bonds is 1. The van der Waals surface area contributed by atoms with Crippen LogP contribution in [0.1, 0.15) is 12.5 Å². The molecular formula is C8H12N4O. The highest BCUT2D eigenvalue weighted by Gasteiger charge is 2.19. The Balaban J connectivity index is 2.04. The van der Waals surface area contributed by atoms with Crippen LogP contribution in [0.5, 0.6) is 0 Å². The molecule has 0 aliphatic carbocycles. The Labute approximate surface area is 75.9 Å². The van der Waals surface area contributed by atoms with E-state index >= 15 is 0 Å². The number of fused-ring (bicyclic) bond motifs is 1. The zero-order chi connectivity index (χ0) is 9.26. The van der Waals surface area contributed by atoms with Gasteiger partial charge in [-0.1, -0.05) is 0 Å². The number of H-pyrrole nitrogens is 1. The molecule has 0 spiro atoms. The first kappa shape index (κ1) is 8.10. The quantitative estimate of drug-likeness (QED) is 0.564. The van der Waals surface area contributed by atoms with Gasteiger partial charge < -0.3 is 10.6 Å². The van der Waals surface area contributed by atoms with E-state index in [-0.39, 0.29) is 11.9 Å². The summed E-state index contributed by atoms with van der Waals surface area (Å²) in [6.07, 6.45) is 2.63. The maximum atomic E-state index is 10.8. The molecule has 1 amide bonds. The van der Waals surface area contributed by atoms with Crippen molar-refractivity contribution >= 4 is 11.7 Å². The number of amides is 1. The molecule has 1 aromatic heterocycles. The average molecular weight is 180 g/mol. The number of nitrogens with zero attached hydrogens (tertiary/aromatic N) is 1. The minimum atomic E-state index is 0.0127. The van der Waals surface area contributed by atoms with Gasteiger partial charge in [-0.2, -0.15) is 5.10 Å². The van der Waals surface area contributed by atoms with Crippen LogP contribution in [0.2, 0.25) is 0 Å². The van der Waals surface area contributed by atoms with Crippen molar-refractivity contribution in [2.75, 3.05) is 11.9 Å². The number of aromatic amines is 1. The maximum absolute atomic E-state index is 10.8. The summed E-state index contributed by atoms with van der Waals surface area (Å²) >= 11 is 0. The van der Waals surface area contributed by atoms with E-state index in [1.165, 1.54) is 6.92 Å². The van der Waals surface area contributed by atoms with E-state index in [1.807, 2.05) is 0 Å². The Kier molecular flexibility index (Phi) is 1.92. The van der Waals surface area contributed by atoms with E-state index in [0.717, 1.165) is 24.3 Å². The fraction of sp³-hybridized carbons (Fsp3) is 0.500. The molecule has 0 aromatic carbocycles. The van der Waals surface area contributed by atoms with E-state index in [4.69, 9.17) is 0 Å². The van der Waals surface area contributed by atoms with E-state index in [1.54, 1.807) is 6.20 Å². The van der Waals surface area contributed by atoms with Crippen LogP contribution in [-0.4, -0.2) is 28.7 Å². The molecule has 5 nitrogen and oxygen atoms in total. The highest BCUT2D eigenvalue weighted by atomic mass is 16.1. The molecule has 0 fully saturated rings. The van der Waals surface area contributed by atoms with Gasteiger partial charge in [0.1, 0.15) is 5.82 Å². The van der Waals surface area contributed by atoms with Gasteiger partial charge in [-0.05, 0) is 6.42 Å². The summed E-state index contributed by atoms with van der Waals surface area (Å²) in [6.45, 7) is 2.29. The highest BCUT2D eigenvalue weighted by Crippen LogP contribution is 2.17. The van der Waals surface area contributed by atoms with Gasteiger partial charge in [0, 0.05) is 19.0 Å². The average Bonchev–Trinajstić information content (AvgIpc) is 2.49. The van der Waals surface area contributed by atoms with Crippen molar-refractivity contribution in [2.24, 2.45) is 0 Å². The first-order valence-electron chi connectivity index (χ1n) is 4.29. The molecule has 0 radical (unpaired) electrons. The molecule has 0 saturated carbocycles. The lowest BCUT2D eigenvalue weighted by molar-refractivity contribution is -0.119. The van der Waals surface area contributed by atoms with Crippen LogP contribution in [0.25, 0.3) is 0 Å². The summed E-state index contributed by atoms with van der Waals surface area (Å²) in [4.78, 5) is 10.8. The van der Waals surface area contributed by atoms with Crippen molar-refractivity contribution in [1.82, 2.24) is 15.5 Å². The van der Waals surface area contributed by atoms with Crippen molar-refractivity contribution in [3.63, 3.8) is 0 Å². The smallest absolute Gasteiger partial charge is 0.217 e. The molecule has 1 atom stereocenters. The summed E-state index contributed by atoms with van der Waals surface area (Å²) in [5, 5.41) is 12.8. The molecule has 0 saturated heterocycles. The summed E-state index contributed by atoms with van der Waals surface area (Å²) in [6, 6.07) is 0.183. The van der Waals surface area contributed by atoms with Gasteiger partial charge in [0.2, 0.25) is 5.91 Å². The Morgan fingerprint density at radius 2 is 2.62 bits per heavy atom. The summed E-state index contributed by atoms with van der Waals surface area (Å²) in [7, 11) is 0. The molecular weight excluding hydrogens is 168 g/mol. The number of hydrogen-bond acceptors (Lipinski definition) is 3. The predicted molar refractivity (Wildman–Crippen MR) is 48.4 cm³/mol. The van der Waals surface area contributed by atoms with E-state index < -0.39 is 0 Å². The van der Waals surface area contributed by atoms with Gasteiger partial charge in [-0.25, -0.2) is 0 Å². The SMILES string of the molecule is CC(=O)NC1CNc2[nH]ncc2C1. The van der Waals surface area contributed by atoms with Gasteiger partial charge >= 0.3 is 0 Å². The number of nitrogens with one attached hydrogen (secondary N) is 3. The number of carbonyl (C=O) groups is 1. The third-order valence-electron chi connectivity index (χ3n) is 2.12. The second-order valence-electron chi connectivity index (χ2n) is 3.25. The minimum absolute atomic E-state index is 0.0127. The van der Waals surface area contributed by atoms with E-state index in [9.17, 15) is 4.79 Å². The molecule has 1 aromatic rings. The van der Waals surface area contributed by atoms with Gasteiger partial charge in [0.05, 0.1) is 12.2 Å². The van der Waals surface area contributed by atoms with Gasteiger partial charge in [0.25, 0.3) is 0 Å². The number of carbonyl (C=O) groups excluding carboxylic acids is 1. The van der Waals surface area contributed by atoms with Crippen LogP contribution < -0.4 is 10.6 Å². The van der Waals surface area contributed by atoms with Gasteiger partial charge in [0.15, 0.2) is 0 Å². The van der Waals surface area contributed by atoms with E-state index in [2.05, 4.69) is 20.8 Å². The molecule has 2 heterocycles. The van der Waals surface area contributed by atoms with Crippen LogP contribution in [-0.2, 0) is 11.2 Å². The topological polar surface area (TPSA) is 69.8 Å². The predicted octanol–water partition coefficient (Wildman–Crippen LogP) is -0.118. The fourth-order valence-electron chi connectivity index (χ4n) is 1.57. The van der Waals surface area contributed by atoms with Crippen molar-refractivity contribution in [3.8, 4) is 0 Å². The van der Waals surface area contributed by atoms with Crippen molar-refractivity contribution < 1.29 is 4.79 Å². The highest BCUT2D eigenvalue weighted by molar-refractivity contribution is 5.73. The van der Waals surface area contributed by atoms with Gasteiger partial charge in [-0.15, -0.1) is 0 Å². The molecule has 5 heteroatoms. The lowest BCUT2D eigenvalue weighted by Crippen LogP contribution is -2.42. The minimum Gasteiger partial charge on any atom is -0.368 e. The second-order valence-corrected chi connectivity index (χ2v) is 3.25. The Hall–Kier alpha value is -1.52.